The third-order valence-corrected chi connectivity index (χ3v) is 11.4. The van der Waals surface area contributed by atoms with Crippen molar-refractivity contribution in [3.63, 3.8) is 0 Å². The molecule has 4 nitrogen and oxygen atoms in total. The van der Waals surface area contributed by atoms with Crippen molar-refractivity contribution in [3.05, 3.63) is 0 Å². The Morgan fingerprint density at radius 1 is 1.10 bits per heavy atom. The molecule has 0 unspecified atom stereocenters. The lowest BCUT2D eigenvalue weighted by Gasteiger charge is -2.36. The number of aliphatic hydroxyl groups is 1. The maximum atomic E-state index is 11.0. The Morgan fingerprint density at radius 3 is 2.41 bits per heavy atom. The Balaban J connectivity index is 2.30. The molecule has 1 rings (SSSR count). The molecule has 1 aliphatic rings. The summed E-state index contributed by atoms with van der Waals surface area (Å²) in [5.74, 6) is 6.81. The predicted octanol–water partition coefficient (Wildman–Crippen LogP) is 5.89. The summed E-state index contributed by atoms with van der Waals surface area (Å²) in [4.78, 5) is 0. The van der Waals surface area contributed by atoms with Crippen molar-refractivity contribution in [3.8, 4) is 11.8 Å². The number of ether oxygens (including phenoxy) is 2. The van der Waals surface area contributed by atoms with Crippen LogP contribution in [0.1, 0.15) is 85.0 Å². The largest absolute Gasteiger partial charge is 0.417 e. The second-order valence-corrected chi connectivity index (χ2v) is 14.9. The lowest BCUT2D eigenvalue weighted by atomic mass is 9.87. The average molecular weight is 427 g/mol. The first kappa shape index (κ1) is 26.7. The summed E-state index contributed by atoms with van der Waals surface area (Å²) in [6.07, 6.45) is 9.88. The van der Waals surface area contributed by atoms with Crippen molar-refractivity contribution < 1.29 is 19.0 Å². The fourth-order valence-electron chi connectivity index (χ4n) is 3.72. The molecule has 29 heavy (non-hydrogen) atoms. The van der Waals surface area contributed by atoms with E-state index in [9.17, 15) is 5.11 Å². The standard InChI is InChI=1S/C24H46O4Si/c1-23(2,3)29(6,7)28-20-13-9-8-12-18-24(25)19-14-16-21(24)15-10-11-17-22(26-4)27-5/h21-22,25H,8-11,13-17,19-20H2,1-7H3/t21-,24+/m0/s1. The predicted molar refractivity (Wildman–Crippen MR) is 123 cm³/mol. The molecule has 5 heteroatoms. The lowest BCUT2D eigenvalue weighted by Crippen LogP contribution is -2.40. The average Bonchev–Trinajstić information content (AvgIpc) is 3.01. The van der Waals surface area contributed by atoms with Crippen LogP contribution in [0.15, 0.2) is 0 Å². The fourth-order valence-corrected chi connectivity index (χ4v) is 4.80. The van der Waals surface area contributed by atoms with Crippen LogP contribution in [-0.2, 0) is 13.9 Å². The van der Waals surface area contributed by atoms with E-state index in [1.54, 1.807) is 14.2 Å². The van der Waals surface area contributed by atoms with Gasteiger partial charge in [-0.25, -0.2) is 0 Å². The van der Waals surface area contributed by atoms with E-state index in [1.807, 2.05) is 0 Å². The minimum Gasteiger partial charge on any atom is -0.417 e. The van der Waals surface area contributed by atoms with Crippen molar-refractivity contribution in [2.75, 3.05) is 20.8 Å². The number of hydrogen-bond donors (Lipinski definition) is 1. The summed E-state index contributed by atoms with van der Waals surface area (Å²) in [5.41, 5.74) is -0.778. The number of methoxy groups -OCH3 is 2. The zero-order chi connectivity index (χ0) is 22.0. The molecule has 0 amide bonds. The second-order valence-electron chi connectivity index (χ2n) is 10.1. The van der Waals surface area contributed by atoms with Gasteiger partial charge in [0.1, 0.15) is 5.60 Å². The highest BCUT2D eigenvalue weighted by Gasteiger charge is 2.39. The Morgan fingerprint density at radius 2 is 1.79 bits per heavy atom. The minimum absolute atomic E-state index is 0.113. The van der Waals surface area contributed by atoms with Gasteiger partial charge in [0, 0.05) is 27.2 Å². The zero-order valence-electron chi connectivity index (χ0n) is 20.1. The molecule has 1 aliphatic carbocycles. The van der Waals surface area contributed by atoms with Gasteiger partial charge in [-0.2, -0.15) is 0 Å². The molecule has 0 aromatic heterocycles. The SMILES string of the molecule is COC(CCCC[C@H]1CCC[C@]1(O)C#CCCCCO[Si](C)(C)C(C)(C)C)OC. The maximum absolute atomic E-state index is 11.0. The van der Waals surface area contributed by atoms with E-state index in [0.717, 1.165) is 70.8 Å². The van der Waals surface area contributed by atoms with Gasteiger partial charge in [-0.15, -0.1) is 5.92 Å². The van der Waals surface area contributed by atoms with E-state index >= 15 is 0 Å². The van der Waals surface area contributed by atoms with Crippen LogP contribution in [0.25, 0.3) is 0 Å². The van der Waals surface area contributed by atoms with E-state index in [1.165, 1.54) is 0 Å². The van der Waals surface area contributed by atoms with E-state index in [0.29, 0.717) is 5.92 Å². The topological polar surface area (TPSA) is 47.9 Å². The molecule has 170 valence electrons. The summed E-state index contributed by atoms with van der Waals surface area (Å²) < 4.78 is 16.7. The van der Waals surface area contributed by atoms with E-state index in [4.69, 9.17) is 13.9 Å². The Bertz CT molecular complexity index is 513. The van der Waals surface area contributed by atoms with Crippen LogP contribution in [0, 0.1) is 17.8 Å². The van der Waals surface area contributed by atoms with Crippen LogP contribution in [0.2, 0.25) is 18.1 Å². The third kappa shape index (κ3) is 9.10. The molecule has 0 radical (unpaired) electrons. The molecule has 0 aromatic carbocycles. The molecular weight excluding hydrogens is 380 g/mol. The van der Waals surface area contributed by atoms with Gasteiger partial charge < -0.3 is 19.0 Å². The molecule has 1 N–H and O–H groups in total. The van der Waals surface area contributed by atoms with Crippen LogP contribution < -0.4 is 0 Å². The van der Waals surface area contributed by atoms with Gasteiger partial charge >= 0.3 is 0 Å². The monoisotopic (exact) mass is 426 g/mol. The van der Waals surface area contributed by atoms with Crippen LogP contribution in [-0.4, -0.2) is 46.1 Å². The van der Waals surface area contributed by atoms with E-state index < -0.39 is 13.9 Å². The van der Waals surface area contributed by atoms with Crippen LogP contribution in [0.5, 0.6) is 0 Å². The first-order valence-electron chi connectivity index (χ1n) is 11.5. The number of hydrogen-bond acceptors (Lipinski definition) is 4. The zero-order valence-corrected chi connectivity index (χ0v) is 21.1. The van der Waals surface area contributed by atoms with E-state index in [-0.39, 0.29) is 11.3 Å². The Kier molecular flexibility index (Phi) is 11.5. The summed E-state index contributed by atoms with van der Waals surface area (Å²) in [6.45, 7) is 12.3. The normalized spacial score (nSPS) is 22.7. The summed E-state index contributed by atoms with van der Waals surface area (Å²) in [6, 6.07) is 0. The summed E-state index contributed by atoms with van der Waals surface area (Å²) >= 11 is 0. The van der Waals surface area contributed by atoms with Gasteiger partial charge in [-0.3, -0.25) is 0 Å². The minimum atomic E-state index is -1.64. The van der Waals surface area contributed by atoms with Gasteiger partial charge in [0.05, 0.1) is 0 Å². The molecule has 0 spiro atoms. The van der Waals surface area contributed by atoms with Gasteiger partial charge in [0.25, 0.3) is 0 Å². The Labute approximate surface area is 181 Å². The van der Waals surface area contributed by atoms with Crippen molar-refractivity contribution in [2.24, 2.45) is 5.92 Å². The van der Waals surface area contributed by atoms with Gasteiger partial charge in [-0.1, -0.05) is 33.1 Å². The highest BCUT2D eigenvalue weighted by molar-refractivity contribution is 6.74. The summed E-state index contributed by atoms with van der Waals surface area (Å²) in [7, 11) is 1.72. The highest BCUT2D eigenvalue weighted by atomic mass is 28.4. The molecule has 1 fully saturated rings. The maximum Gasteiger partial charge on any atom is 0.191 e. The van der Waals surface area contributed by atoms with Crippen LogP contribution in [0.3, 0.4) is 0 Å². The Hall–Kier alpha value is -0.383. The first-order valence-corrected chi connectivity index (χ1v) is 14.4. The molecule has 0 aliphatic heterocycles. The van der Waals surface area contributed by atoms with Crippen molar-refractivity contribution in [1.82, 2.24) is 0 Å². The molecule has 1 saturated carbocycles. The van der Waals surface area contributed by atoms with Crippen molar-refractivity contribution in [2.45, 2.75) is 115 Å². The van der Waals surface area contributed by atoms with Gasteiger partial charge in [-0.05, 0) is 75.4 Å². The highest BCUT2D eigenvalue weighted by Crippen LogP contribution is 2.39. The second kappa shape index (κ2) is 12.5. The van der Waals surface area contributed by atoms with Crippen LogP contribution >= 0.6 is 0 Å². The molecule has 0 saturated heterocycles. The van der Waals surface area contributed by atoms with Gasteiger partial charge in [0.15, 0.2) is 14.6 Å². The fraction of sp³-hybridized carbons (Fsp3) is 0.917. The number of rotatable bonds is 12. The molecule has 0 aromatic rings. The first-order chi connectivity index (χ1) is 13.6. The molecule has 2 atom stereocenters. The van der Waals surface area contributed by atoms with Crippen molar-refractivity contribution >= 4 is 8.32 Å². The quantitative estimate of drug-likeness (QED) is 0.183. The van der Waals surface area contributed by atoms with Crippen molar-refractivity contribution in [1.29, 1.82) is 0 Å². The summed E-state index contributed by atoms with van der Waals surface area (Å²) in [5, 5.41) is 11.3. The smallest absolute Gasteiger partial charge is 0.191 e. The van der Waals surface area contributed by atoms with Gasteiger partial charge in [0.2, 0.25) is 0 Å². The van der Waals surface area contributed by atoms with Crippen LogP contribution in [0.4, 0.5) is 0 Å². The molecule has 0 heterocycles. The van der Waals surface area contributed by atoms with E-state index in [2.05, 4.69) is 45.7 Å². The molecule has 0 bridgehead atoms. The third-order valence-electron chi connectivity index (χ3n) is 6.82. The lowest BCUT2D eigenvalue weighted by molar-refractivity contribution is -0.107. The number of unbranched alkanes of at least 4 members (excludes halogenated alkanes) is 3. The molecular formula is C24H46O4Si.